The standard InChI is InChI=1S/C18H22N2O4S/c1-3-11-25(22,23)20-16-9-7-15(8-10-16)19-18(21)13-14-5-4-6-17(12-14)24-2/h4-10,12,20H,3,11,13H2,1-2H3,(H,19,21). The second-order valence-electron chi connectivity index (χ2n) is 5.57. The molecule has 2 rings (SSSR count). The summed E-state index contributed by atoms with van der Waals surface area (Å²) < 4.78 is 31.1. The van der Waals surface area contributed by atoms with Crippen LogP contribution in [0, 0.1) is 0 Å². The fourth-order valence-electron chi connectivity index (χ4n) is 2.29. The Kier molecular flexibility index (Phi) is 6.41. The molecule has 2 aromatic carbocycles. The molecule has 134 valence electrons. The summed E-state index contributed by atoms with van der Waals surface area (Å²) in [5.74, 6) is 0.619. The monoisotopic (exact) mass is 362 g/mol. The maximum Gasteiger partial charge on any atom is 0.232 e. The van der Waals surface area contributed by atoms with Crippen molar-refractivity contribution in [1.29, 1.82) is 0 Å². The quantitative estimate of drug-likeness (QED) is 0.756. The zero-order valence-corrected chi connectivity index (χ0v) is 15.1. The maximum absolute atomic E-state index is 12.1. The topological polar surface area (TPSA) is 84.5 Å². The van der Waals surface area contributed by atoms with Crippen molar-refractivity contribution in [1.82, 2.24) is 0 Å². The number of methoxy groups -OCH3 is 1. The SMILES string of the molecule is CCCS(=O)(=O)Nc1ccc(NC(=O)Cc2cccc(OC)c2)cc1. The zero-order valence-electron chi connectivity index (χ0n) is 14.3. The second-order valence-corrected chi connectivity index (χ2v) is 7.42. The molecule has 0 bridgehead atoms. The molecule has 2 aromatic rings. The van der Waals surface area contributed by atoms with Gasteiger partial charge in [-0.1, -0.05) is 19.1 Å². The first kappa shape index (κ1) is 18.8. The number of amides is 1. The van der Waals surface area contributed by atoms with Crippen LogP contribution in [-0.4, -0.2) is 27.2 Å². The van der Waals surface area contributed by atoms with Gasteiger partial charge in [0.15, 0.2) is 0 Å². The van der Waals surface area contributed by atoms with Crippen molar-refractivity contribution in [3.8, 4) is 5.75 Å². The molecule has 0 spiro atoms. The van der Waals surface area contributed by atoms with Crippen LogP contribution >= 0.6 is 0 Å². The van der Waals surface area contributed by atoms with Gasteiger partial charge in [0, 0.05) is 11.4 Å². The summed E-state index contributed by atoms with van der Waals surface area (Å²) in [6.07, 6.45) is 0.774. The van der Waals surface area contributed by atoms with Gasteiger partial charge in [-0.15, -0.1) is 0 Å². The number of anilines is 2. The Bertz CT molecular complexity index is 817. The predicted molar refractivity (Wildman–Crippen MR) is 99.5 cm³/mol. The van der Waals surface area contributed by atoms with Gasteiger partial charge in [-0.3, -0.25) is 9.52 Å². The highest BCUT2D eigenvalue weighted by molar-refractivity contribution is 7.92. The Labute approximate surface area is 148 Å². The molecule has 0 radical (unpaired) electrons. The van der Waals surface area contributed by atoms with E-state index in [9.17, 15) is 13.2 Å². The van der Waals surface area contributed by atoms with E-state index in [4.69, 9.17) is 4.74 Å². The minimum atomic E-state index is -3.32. The molecule has 0 aliphatic heterocycles. The van der Waals surface area contributed by atoms with Gasteiger partial charge in [0.05, 0.1) is 19.3 Å². The van der Waals surface area contributed by atoms with Crippen LogP contribution in [-0.2, 0) is 21.2 Å². The molecule has 2 N–H and O–H groups in total. The first-order valence-electron chi connectivity index (χ1n) is 7.95. The van der Waals surface area contributed by atoms with E-state index < -0.39 is 10.0 Å². The number of rotatable bonds is 8. The fraction of sp³-hybridized carbons (Fsp3) is 0.278. The van der Waals surface area contributed by atoms with E-state index in [-0.39, 0.29) is 18.1 Å². The van der Waals surface area contributed by atoms with Crippen LogP contribution in [0.15, 0.2) is 48.5 Å². The van der Waals surface area contributed by atoms with E-state index in [1.165, 1.54) is 0 Å². The molecule has 0 aliphatic carbocycles. The van der Waals surface area contributed by atoms with Crippen molar-refractivity contribution in [3.63, 3.8) is 0 Å². The second kappa shape index (κ2) is 8.53. The van der Waals surface area contributed by atoms with Gasteiger partial charge in [0.1, 0.15) is 5.75 Å². The van der Waals surface area contributed by atoms with Crippen molar-refractivity contribution in [2.45, 2.75) is 19.8 Å². The van der Waals surface area contributed by atoms with Crippen molar-refractivity contribution in [2.24, 2.45) is 0 Å². The number of nitrogens with one attached hydrogen (secondary N) is 2. The first-order valence-corrected chi connectivity index (χ1v) is 9.60. The fourth-order valence-corrected chi connectivity index (χ4v) is 3.43. The zero-order chi connectivity index (χ0) is 18.3. The summed E-state index contributed by atoms with van der Waals surface area (Å²) >= 11 is 0. The summed E-state index contributed by atoms with van der Waals surface area (Å²) in [7, 11) is -1.74. The molecular formula is C18H22N2O4S. The van der Waals surface area contributed by atoms with Gasteiger partial charge in [-0.25, -0.2) is 8.42 Å². The Morgan fingerprint density at radius 3 is 2.40 bits per heavy atom. The maximum atomic E-state index is 12.1. The smallest absolute Gasteiger partial charge is 0.232 e. The van der Waals surface area contributed by atoms with Gasteiger partial charge < -0.3 is 10.1 Å². The van der Waals surface area contributed by atoms with Crippen LogP contribution in [0.3, 0.4) is 0 Å². The number of ether oxygens (including phenoxy) is 1. The third-order valence-corrected chi connectivity index (χ3v) is 4.91. The molecule has 0 unspecified atom stereocenters. The van der Waals surface area contributed by atoms with Crippen molar-refractivity contribution < 1.29 is 17.9 Å². The number of carbonyl (C=O) groups is 1. The molecule has 0 saturated heterocycles. The molecule has 0 atom stereocenters. The molecule has 7 heteroatoms. The van der Waals surface area contributed by atoms with Crippen LogP contribution in [0.2, 0.25) is 0 Å². The molecule has 0 saturated carbocycles. The number of benzene rings is 2. The van der Waals surface area contributed by atoms with Crippen LogP contribution in [0.25, 0.3) is 0 Å². The van der Waals surface area contributed by atoms with E-state index in [1.807, 2.05) is 24.3 Å². The lowest BCUT2D eigenvalue weighted by Crippen LogP contribution is -2.16. The Morgan fingerprint density at radius 1 is 1.08 bits per heavy atom. The number of carbonyl (C=O) groups excluding carboxylic acids is 1. The van der Waals surface area contributed by atoms with E-state index in [2.05, 4.69) is 10.0 Å². The highest BCUT2D eigenvalue weighted by Crippen LogP contribution is 2.17. The molecule has 0 heterocycles. The van der Waals surface area contributed by atoms with Gasteiger partial charge in [0.25, 0.3) is 0 Å². The number of hydrogen-bond donors (Lipinski definition) is 2. The summed E-state index contributed by atoms with van der Waals surface area (Å²) in [4.78, 5) is 12.1. The molecule has 1 amide bonds. The summed E-state index contributed by atoms with van der Waals surface area (Å²) in [5.41, 5.74) is 1.92. The van der Waals surface area contributed by atoms with Crippen molar-refractivity contribution in [3.05, 3.63) is 54.1 Å². The highest BCUT2D eigenvalue weighted by Gasteiger charge is 2.09. The number of sulfonamides is 1. The number of hydrogen-bond acceptors (Lipinski definition) is 4. The minimum Gasteiger partial charge on any atom is -0.497 e. The van der Waals surface area contributed by atoms with Crippen molar-refractivity contribution in [2.75, 3.05) is 22.9 Å². The van der Waals surface area contributed by atoms with E-state index in [0.717, 1.165) is 5.56 Å². The molecule has 6 nitrogen and oxygen atoms in total. The predicted octanol–water partition coefficient (Wildman–Crippen LogP) is 3.03. The van der Waals surface area contributed by atoms with Gasteiger partial charge in [0.2, 0.25) is 15.9 Å². The normalized spacial score (nSPS) is 11.0. The third kappa shape index (κ3) is 6.11. The summed E-state index contributed by atoms with van der Waals surface area (Å²) in [6.45, 7) is 1.81. The third-order valence-electron chi connectivity index (χ3n) is 3.41. The Hall–Kier alpha value is -2.54. The lowest BCUT2D eigenvalue weighted by Gasteiger charge is -2.09. The molecule has 0 aliphatic rings. The molecular weight excluding hydrogens is 340 g/mol. The lowest BCUT2D eigenvalue weighted by atomic mass is 10.1. The molecule has 0 aromatic heterocycles. The van der Waals surface area contributed by atoms with Crippen molar-refractivity contribution >= 4 is 27.3 Å². The Morgan fingerprint density at radius 2 is 1.76 bits per heavy atom. The molecule has 25 heavy (non-hydrogen) atoms. The van der Waals surface area contributed by atoms with Gasteiger partial charge in [-0.05, 0) is 48.4 Å². The van der Waals surface area contributed by atoms with E-state index in [1.54, 1.807) is 38.3 Å². The average Bonchev–Trinajstić information content (AvgIpc) is 2.56. The average molecular weight is 362 g/mol. The van der Waals surface area contributed by atoms with Crippen LogP contribution in [0.5, 0.6) is 5.75 Å². The van der Waals surface area contributed by atoms with Gasteiger partial charge >= 0.3 is 0 Å². The highest BCUT2D eigenvalue weighted by atomic mass is 32.2. The first-order chi connectivity index (χ1) is 11.9. The van der Waals surface area contributed by atoms with Crippen LogP contribution in [0.4, 0.5) is 11.4 Å². The van der Waals surface area contributed by atoms with E-state index in [0.29, 0.717) is 23.5 Å². The largest absolute Gasteiger partial charge is 0.497 e. The summed E-state index contributed by atoms with van der Waals surface area (Å²) in [6, 6.07) is 13.9. The van der Waals surface area contributed by atoms with E-state index >= 15 is 0 Å². The molecule has 0 fully saturated rings. The van der Waals surface area contributed by atoms with Crippen LogP contribution < -0.4 is 14.8 Å². The minimum absolute atomic E-state index is 0.0754. The summed E-state index contributed by atoms with van der Waals surface area (Å²) in [5, 5.41) is 2.79. The van der Waals surface area contributed by atoms with Crippen LogP contribution in [0.1, 0.15) is 18.9 Å². The lowest BCUT2D eigenvalue weighted by molar-refractivity contribution is -0.115. The Balaban J connectivity index is 1.95. The van der Waals surface area contributed by atoms with Gasteiger partial charge in [-0.2, -0.15) is 0 Å².